The lowest BCUT2D eigenvalue weighted by atomic mass is 10.1. The molecule has 5 rings (SSSR count). The number of rotatable bonds is 6. The van der Waals surface area contributed by atoms with Crippen molar-refractivity contribution in [3.63, 3.8) is 0 Å². The molecule has 4 aromatic heterocycles. The Hall–Kier alpha value is -4.23. The average Bonchev–Trinajstić information content (AvgIpc) is 3.30. The Labute approximate surface area is 199 Å². The second-order valence-corrected chi connectivity index (χ2v) is 8.12. The SMILES string of the molecule is CC1C(=O)Nc2nc(-c3nn(Cc4ncccc4F)c4ncc(F)cc34)nc(NCCC(F)(F)F)c21. The monoisotopic (exact) mass is 504 g/mol. The molecule has 1 aliphatic heterocycles. The Bertz CT molecular complexity index is 1490. The first kappa shape index (κ1) is 23.5. The third-order valence-electron chi connectivity index (χ3n) is 5.61. The number of anilines is 2. The second-order valence-electron chi connectivity index (χ2n) is 8.12. The molecule has 186 valence electrons. The van der Waals surface area contributed by atoms with Crippen molar-refractivity contribution in [3.05, 3.63) is 53.5 Å². The lowest BCUT2D eigenvalue weighted by Gasteiger charge is -2.13. The largest absolute Gasteiger partial charge is 0.390 e. The van der Waals surface area contributed by atoms with Crippen LogP contribution >= 0.6 is 0 Å². The molecule has 36 heavy (non-hydrogen) atoms. The average molecular weight is 504 g/mol. The van der Waals surface area contributed by atoms with Gasteiger partial charge in [0.25, 0.3) is 0 Å². The summed E-state index contributed by atoms with van der Waals surface area (Å²) in [7, 11) is 0. The highest BCUT2D eigenvalue weighted by atomic mass is 19.4. The summed E-state index contributed by atoms with van der Waals surface area (Å²) in [6.45, 7) is 0.943. The topological polar surface area (TPSA) is 111 Å². The van der Waals surface area contributed by atoms with Crippen LogP contribution in [0.4, 0.5) is 33.6 Å². The zero-order valence-electron chi connectivity index (χ0n) is 18.6. The van der Waals surface area contributed by atoms with Crippen LogP contribution in [-0.4, -0.2) is 48.3 Å². The van der Waals surface area contributed by atoms with Crippen molar-refractivity contribution in [2.75, 3.05) is 17.2 Å². The van der Waals surface area contributed by atoms with E-state index in [-0.39, 0.29) is 46.4 Å². The van der Waals surface area contributed by atoms with Crippen molar-refractivity contribution in [1.29, 1.82) is 0 Å². The number of hydrogen-bond donors (Lipinski definition) is 2. The summed E-state index contributed by atoms with van der Waals surface area (Å²) in [5.74, 6) is -2.32. The predicted molar refractivity (Wildman–Crippen MR) is 118 cm³/mol. The molecule has 14 heteroatoms. The number of carbonyl (C=O) groups is 1. The van der Waals surface area contributed by atoms with Crippen LogP contribution in [0, 0.1) is 11.6 Å². The minimum atomic E-state index is -4.40. The number of nitrogens with zero attached hydrogens (tertiary/aromatic N) is 6. The smallest absolute Gasteiger partial charge is 0.369 e. The molecule has 9 nitrogen and oxygen atoms in total. The first-order valence-electron chi connectivity index (χ1n) is 10.8. The van der Waals surface area contributed by atoms with Crippen molar-refractivity contribution < 1.29 is 26.7 Å². The van der Waals surface area contributed by atoms with Gasteiger partial charge in [-0.1, -0.05) is 0 Å². The number of amides is 1. The third kappa shape index (κ3) is 4.41. The van der Waals surface area contributed by atoms with E-state index in [2.05, 4.69) is 35.7 Å². The van der Waals surface area contributed by atoms with Gasteiger partial charge in [0.1, 0.15) is 29.0 Å². The molecular weight excluding hydrogens is 487 g/mol. The van der Waals surface area contributed by atoms with Gasteiger partial charge >= 0.3 is 6.18 Å². The summed E-state index contributed by atoms with van der Waals surface area (Å²) in [5, 5.41) is 9.79. The highest BCUT2D eigenvalue weighted by molar-refractivity contribution is 6.03. The zero-order valence-corrected chi connectivity index (χ0v) is 18.6. The molecule has 0 saturated carbocycles. The van der Waals surface area contributed by atoms with E-state index >= 15 is 0 Å². The molecule has 1 unspecified atom stereocenters. The van der Waals surface area contributed by atoms with E-state index in [1.807, 2.05) is 0 Å². The molecule has 1 atom stereocenters. The molecule has 4 aromatic rings. The van der Waals surface area contributed by atoms with Gasteiger partial charge in [-0.05, 0) is 25.1 Å². The van der Waals surface area contributed by atoms with Crippen LogP contribution in [0.1, 0.15) is 30.5 Å². The van der Waals surface area contributed by atoms with Gasteiger partial charge in [-0.15, -0.1) is 0 Å². The van der Waals surface area contributed by atoms with Crippen LogP contribution in [0.5, 0.6) is 0 Å². The van der Waals surface area contributed by atoms with Crippen molar-refractivity contribution >= 4 is 28.6 Å². The molecule has 0 aromatic carbocycles. The van der Waals surface area contributed by atoms with Gasteiger partial charge in [-0.2, -0.15) is 18.3 Å². The summed E-state index contributed by atoms with van der Waals surface area (Å²) in [6, 6.07) is 3.80. The molecule has 2 N–H and O–H groups in total. The number of aromatic nitrogens is 6. The molecular formula is C22H17F5N8O. The first-order chi connectivity index (χ1) is 17.1. The Morgan fingerprint density at radius 2 is 2.00 bits per heavy atom. The van der Waals surface area contributed by atoms with Crippen LogP contribution < -0.4 is 10.6 Å². The summed E-state index contributed by atoms with van der Waals surface area (Å²) < 4.78 is 67.8. The molecule has 1 amide bonds. The second kappa shape index (κ2) is 8.77. The standard InChI is InChI=1S/C22H17F5N8O/c1-10-15-17(29-6-4-22(25,26)27)31-19(32-18(15)33-21(10)36)16-12-7-11(23)8-30-20(12)35(34-16)9-14-13(24)3-2-5-28-14/h2-3,5,7-8,10H,4,6,9H2,1H3,(H2,29,31,32,33,36). The molecule has 0 spiro atoms. The molecule has 0 aliphatic carbocycles. The minimum absolute atomic E-state index is 0.0212. The van der Waals surface area contributed by atoms with Crippen LogP contribution in [-0.2, 0) is 11.3 Å². The summed E-state index contributed by atoms with van der Waals surface area (Å²) in [5.41, 5.74) is 0.605. The molecule has 1 aliphatic rings. The summed E-state index contributed by atoms with van der Waals surface area (Å²) in [6.07, 6.45) is -3.15. The van der Waals surface area contributed by atoms with E-state index < -0.39 is 42.6 Å². The van der Waals surface area contributed by atoms with E-state index in [0.29, 0.717) is 5.56 Å². The molecule has 0 radical (unpaired) electrons. The molecule has 0 bridgehead atoms. The normalized spacial score (nSPS) is 15.3. The van der Waals surface area contributed by atoms with Gasteiger partial charge < -0.3 is 10.6 Å². The fourth-order valence-electron chi connectivity index (χ4n) is 3.88. The number of carbonyl (C=O) groups excluding carboxylic acids is 1. The maximum Gasteiger partial charge on any atom is 0.390 e. The third-order valence-corrected chi connectivity index (χ3v) is 5.61. The van der Waals surface area contributed by atoms with Crippen LogP contribution in [0.2, 0.25) is 0 Å². The van der Waals surface area contributed by atoms with Crippen molar-refractivity contribution in [1.82, 2.24) is 29.7 Å². The van der Waals surface area contributed by atoms with Crippen LogP contribution in [0.3, 0.4) is 0 Å². The summed E-state index contributed by atoms with van der Waals surface area (Å²) in [4.78, 5) is 29.0. The molecule has 0 saturated heterocycles. The highest BCUT2D eigenvalue weighted by Crippen LogP contribution is 2.38. The fourth-order valence-corrected chi connectivity index (χ4v) is 3.88. The fraction of sp³-hybridized carbons (Fsp3) is 0.273. The van der Waals surface area contributed by atoms with Gasteiger partial charge in [0.2, 0.25) is 5.91 Å². The number of alkyl halides is 3. The first-order valence-corrected chi connectivity index (χ1v) is 10.8. The number of halogens is 5. The summed E-state index contributed by atoms with van der Waals surface area (Å²) >= 11 is 0. The number of hydrogen-bond acceptors (Lipinski definition) is 7. The number of fused-ring (bicyclic) bond motifs is 2. The van der Waals surface area contributed by atoms with Gasteiger partial charge in [0, 0.05) is 18.3 Å². The van der Waals surface area contributed by atoms with Gasteiger partial charge in [-0.25, -0.2) is 28.4 Å². The Morgan fingerprint density at radius 1 is 1.19 bits per heavy atom. The van der Waals surface area contributed by atoms with E-state index in [4.69, 9.17) is 0 Å². The lowest BCUT2D eigenvalue weighted by molar-refractivity contribution is -0.131. The maximum absolute atomic E-state index is 14.2. The zero-order chi connectivity index (χ0) is 25.6. The lowest BCUT2D eigenvalue weighted by Crippen LogP contribution is -2.16. The number of pyridine rings is 2. The van der Waals surface area contributed by atoms with Crippen LogP contribution in [0.15, 0.2) is 30.6 Å². The number of nitrogens with one attached hydrogen (secondary N) is 2. The van der Waals surface area contributed by atoms with Crippen molar-refractivity contribution in [2.45, 2.75) is 32.0 Å². The van der Waals surface area contributed by atoms with Gasteiger partial charge in [0.05, 0.1) is 36.2 Å². The quantitative estimate of drug-likeness (QED) is 0.382. The Morgan fingerprint density at radius 3 is 2.75 bits per heavy atom. The van der Waals surface area contributed by atoms with E-state index in [1.165, 1.54) is 23.0 Å². The van der Waals surface area contributed by atoms with E-state index in [1.54, 1.807) is 6.92 Å². The van der Waals surface area contributed by atoms with Crippen molar-refractivity contribution in [3.8, 4) is 11.5 Å². The van der Waals surface area contributed by atoms with Gasteiger partial charge in [-0.3, -0.25) is 9.78 Å². The highest BCUT2D eigenvalue weighted by Gasteiger charge is 2.34. The maximum atomic E-state index is 14.2. The molecule has 5 heterocycles. The van der Waals surface area contributed by atoms with Crippen molar-refractivity contribution in [2.24, 2.45) is 0 Å². The Kier molecular flexibility index (Phi) is 5.73. The Balaban J connectivity index is 1.62. The predicted octanol–water partition coefficient (Wildman–Crippen LogP) is 4.03. The molecule has 0 fully saturated rings. The van der Waals surface area contributed by atoms with E-state index in [9.17, 15) is 26.7 Å². The van der Waals surface area contributed by atoms with Crippen LogP contribution in [0.25, 0.3) is 22.6 Å². The van der Waals surface area contributed by atoms with Gasteiger partial charge in [0.15, 0.2) is 11.5 Å². The van der Waals surface area contributed by atoms with E-state index in [0.717, 1.165) is 12.3 Å². The minimum Gasteiger partial charge on any atom is -0.369 e.